The Labute approximate surface area is 171 Å². The molecule has 0 radical (unpaired) electrons. The first kappa shape index (κ1) is 20.8. The van der Waals surface area contributed by atoms with Crippen molar-refractivity contribution in [1.29, 1.82) is 0 Å². The number of hydrogen-bond donors (Lipinski definition) is 0. The summed E-state index contributed by atoms with van der Waals surface area (Å²) in [4.78, 5) is 17.1. The summed E-state index contributed by atoms with van der Waals surface area (Å²) in [5.74, 6) is 0.433. The highest BCUT2D eigenvalue weighted by molar-refractivity contribution is 7.16. The van der Waals surface area contributed by atoms with Gasteiger partial charge in [-0.2, -0.15) is 4.99 Å². The van der Waals surface area contributed by atoms with E-state index in [9.17, 15) is 9.18 Å². The fourth-order valence-corrected chi connectivity index (χ4v) is 3.87. The zero-order valence-corrected chi connectivity index (χ0v) is 17.2. The number of hydrogen-bond acceptors (Lipinski definition) is 5. The molecular weight excluding hydrogens is 395 g/mol. The molecule has 0 atom stereocenters. The van der Waals surface area contributed by atoms with E-state index in [1.807, 2.05) is 10.6 Å². The van der Waals surface area contributed by atoms with E-state index in [1.165, 1.54) is 29.5 Å². The molecule has 0 aliphatic rings. The summed E-state index contributed by atoms with van der Waals surface area (Å²) in [6.45, 7) is 0.958. The van der Waals surface area contributed by atoms with Crippen LogP contribution in [-0.4, -0.2) is 38.4 Å². The minimum atomic E-state index is -0.419. The van der Waals surface area contributed by atoms with E-state index >= 15 is 0 Å². The van der Waals surface area contributed by atoms with Crippen LogP contribution in [0.25, 0.3) is 16.3 Å². The van der Waals surface area contributed by atoms with Gasteiger partial charge in [-0.25, -0.2) is 4.39 Å². The van der Waals surface area contributed by atoms with Crippen molar-refractivity contribution in [3.05, 3.63) is 58.7 Å². The summed E-state index contributed by atoms with van der Waals surface area (Å²) in [5.41, 5.74) is 1.58. The van der Waals surface area contributed by atoms with Crippen molar-refractivity contribution in [2.75, 3.05) is 27.9 Å². The van der Waals surface area contributed by atoms with Gasteiger partial charge in [0, 0.05) is 19.7 Å². The van der Waals surface area contributed by atoms with Gasteiger partial charge in [-0.1, -0.05) is 17.4 Å². The summed E-state index contributed by atoms with van der Waals surface area (Å²) in [7, 11) is 4.71. The Kier molecular flexibility index (Phi) is 6.79. The lowest BCUT2D eigenvalue weighted by atomic mass is 10.2. The highest BCUT2D eigenvalue weighted by atomic mass is 32.1. The van der Waals surface area contributed by atoms with E-state index in [0.717, 1.165) is 15.8 Å². The molecule has 2 aromatic carbocycles. The van der Waals surface area contributed by atoms with Gasteiger partial charge in [0.2, 0.25) is 0 Å². The van der Waals surface area contributed by atoms with Crippen LogP contribution in [0.3, 0.4) is 0 Å². The zero-order valence-electron chi connectivity index (χ0n) is 16.3. The molecule has 0 bridgehead atoms. The Hall–Kier alpha value is -2.97. The Bertz CT molecular complexity index is 1120. The average molecular weight is 416 g/mol. The molecule has 29 heavy (non-hydrogen) atoms. The van der Waals surface area contributed by atoms with Crippen molar-refractivity contribution in [2.45, 2.75) is 6.54 Å². The van der Waals surface area contributed by atoms with Crippen LogP contribution in [0, 0.1) is 5.82 Å². The van der Waals surface area contributed by atoms with E-state index in [0.29, 0.717) is 29.5 Å². The Morgan fingerprint density at radius 3 is 2.66 bits per heavy atom. The first-order chi connectivity index (χ1) is 14.0. The Morgan fingerprint density at radius 1 is 1.14 bits per heavy atom. The smallest absolute Gasteiger partial charge is 0.272 e. The number of rotatable bonds is 7. The molecule has 8 heteroatoms. The predicted octanol–water partition coefficient (Wildman–Crippen LogP) is 3.65. The maximum Gasteiger partial charge on any atom is 0.272 e. The van der Waals surface area contributed by atoms with Gasteiger partial charge < -0.3 is 18.8 Å². The highest BCUT2D eigenvalue weighted by Crippen LogP contribution is 2.28. The number of benzene rings is 2. The lowest BCUT2D eigenvalue weighted by Gasteiger charge is -2.07. The molecule has 3 rings (SSSR count). The first-order valence-electron chi connectivity index (χ1n) is 8.82. The maximum absolute atomic E-state index is 13.6. The second kappa shape index (κ2) is 9.49. The molecule has 6 nitrogen and oxygen atoms in total. The van der Waals surface area contributed by atoms with Crippen LogP contribution in [0.1, 0.15) is 5.56 Å². The summed E-state index contributed by atoms with van der Waals surface area (Å²) >= 11 is 1.26. The van der Waals surface area contributed by atoms with Crippen molar-refractivity contribution in [2.24, 2.45) is 4.99 Å². The lowest BCUT2D eigenvalue weighted by molar-refractivity contribution is -0.113. The standard InChI is InChI=1S/C21H21FN2O4S/c1-26-11-10-24-16-7-6-15(22)13-19(16)29-21(24)23-20(25)9-5-14-4-8-17(27-2)18(12-14)28-3/h4-9,12-13H,10-11H2,1-3H3. The van der Waals surface area contributed by atoms with Crippen molar-refractivity contribution < 1.29 is 23.4 Å². The SMILES string of the molecule is COCCn1c(=NC(=O)C=Cc2ccc(OC)c(OC)c2)sc2cc(F)ccc21. The van der Waals surface area contributed by atoms with Gasteiger partial charge in [0.25, 0.3) is 5.91 Å². The van der Waals surface area contributed by atoms with Gasteiger partial charge in [0.15, 0.2) is 16.3 Å². The monoisotopic (exact) mass is 416 g/mol. The second-order valence-corrected chi connectivity index (χ2v) is 7.05. The molecule has 152 valence electrons. The number of aromatic nitrogens is 1. The predicted molar refractivity (Wildman–Crippen MR) is 111 cm³/mol. The number of methoxy groups -OCH3 is 3. The number of halogens is 1. The molecule has 0 spiro atoms. The number of carbonyl (C=O) groups excluding carboxylic acids is 1. The molecule has 1 heterocycles. The van der Waals surface area contributed by atoms with Crippen molar-refractivity contribution in [1.82, 2.24) is 4.57 Å². The number of ether oxygens (including phenoxy) is 3. The molecule has 0 saturated heterocycles. The first-order valence-corrected chi connectivity index (χ1v) is 9.64. The van der Waals surface area contributed by atoms with Crippen LogP contribution < -0.4 is 14.3 Å². The molecule has 0 aliphatic heterocycles. The van der Waals surface area contributed by atoms with E-state index in [4.69, 9.17) is 14.2 Å². The Morgan fingerprint density at radius 2 is 1.93 bits per heavy atom. The minimum Gasteiger partial charge on any atom is -0.493 e. The molecule has 3 aromatic rings. The van der Waals surface area contributed by atoms with E-state index in [2.05, 4.69) is 4.99 Å². The van der Waals surface area contributed by atoms with Gasteiger partial charge in [0.1, 0.15) is 5.82 Å². The third-order valence-corrected chi connectivity index (χ3v) is 5.24. The van der Waals surface area contributed by atoms with Crippen molar-refractivity contribution >= 4 is 33.5 Å². The van der Waals surface area contributed by atoms with E-state index < -0.39 is 5.91 Å². The van der Waals surface area contributed by atoms with E-state index in [1.54, 1.807) is 45.6 Å². The number of thiazole rings is 1. The lowest BCUT2D eigenvalue weighted by Crippen LogP contribution is -2.18. The summed E-state index contributed by atoms with van der Waals surface area (Å²) in [6, 6.07) is 9.85. The summed E-state index contributed by atoms with van der Waals surface area (Å²) in [5, 5.41) is 0. The highest BCUT2D eigenvalue weighted by Gasteiger charge is 2.08. The largest absolute Gasteiger partial charge is 0.493 e. The Balaban J connectivity index is 1.92. The molecule has 1 amide bonds. The van der Waals surface area contributed by atoms with Crippen LogP contribution in [0.4, 0.5) is 4.39 Å². The molecule has 0 N–H and O–H groups in total. The molecule has 1 aromatic heterocycles. The second-order valence-electron chi connectivity index (χ2n) is 6.04. The van der Waals surface area contributed by atoms with Gasteiger partial charge in [0.05, 0.1) is 31.0 Å². The van der Waals surface area contributed by atoms with Gasteiger partial charge in [-0.3, -0.25) is 4.79 Å². The quantitative estimate of drug-likeness (QED) is 0.552. The van der Waals surface area contributed by atoms with Crippen molar-refractivity contribution in [3.63, 3.8) is 0 Å². The normalized spacial score (nSPS) is 12.1. The van der Waals surface area contributed by atoms with Gasteiger partial charge in [-0.15, -0.1) is 0 Å². The van der Waals surface area contributed by atoms with Crippen LogP contribution in [0.5, 0.6) is 11.5 Å². The fourth-order valence-electron chi connectivity index (χ4n) is 2.79. The number of nitrogens with zero attached hydrogens (tertiary/aromatic N) is 2. The van der Waals surface area contributed by atoms with E-state index in [-0.39, 0.29) is 5.82 Å². The van der Waals surface area contributed by atoms with Crippen LogP contribution >= 0.6 is 11.3 Å². The van der Waals surface area contributed by atoms with Gasteiger partial charge in [-0.05, 0) is 42.0 Å². The molecular formula is C21H21FN2O4S. The average Bonchev–Trinajstić information content (AvgIpc) is 3.06. The van der Waals surface area contributed by atoms with Crippen molar-refractivity contribution in [3.8, 4) is 11.5 Å². The topological polar surface area (TPSA) is 62.1 Å². The molecule has 0 unspecified atom stereocenters. The van der Waals surface area contributed by atoms with Gasteiger partial charge >= 0.3 is 0 Å². The van der Waals surface area contributed by atoms with Crippen LogP contribution in [-0.2, 0) is 16.1 Å². The van der Waals surface area contributed by atoms with Crippen LogP contribution in [0.15, 0.2) is 47.5 Å². The fraction of sp³-hybridized carbons (Fsp3) is 0.238. The molecule has 0 aliphatic carbocycles. The zero-order chi connectivity index (χ0) is 20.8. The third-order valence-electron chi connectivity index (χ3n) is 4.20. The van der Waals surface area contributed by atoms with Crippen LogP contribution in [0.2, 0.25) is 0 Å². The minimum absolute atomic E-state index is 0.330. The summed E-state index contributed by atoms with van der Waals surface area (Å²) < 4.78 is 31.7. The maximum atomic E-state index is 13.6. The molecule has 0 saturated carbocycles. The molecule has 0 fully saturated rings. The number of fused-ring (bicyclic) bond motifs is 1. The number of carbonyl (C=O) groups is 1. The third kappa shape index (κ3) is 4.90. The summed E-state index contributed by atoms with van der Waals surface area (Å²) in [6.07, 6.45) is 3.03. The number of amides is 1.